The molecular weight excluding hydrogens is 312 g/mol. The third kappa shape index (κ3) is 2.97. The number of fused-ring (bicyclic) bond motifs is 1. The molecule has 1 heterocycles. The van der Waals surface area contributed by atoms with Gasteiger partial charge < -0.3 is 9.47 Å². The van der Waals surface area contributed by atoms with Gasteiger partial charge >= 0.3 is 11.9 Å². The highest BCUT2D eigenvalue weighted by Gasteiger charge is 2.38. The summed E-state index contributed by atoms with van der Waals surface area (Å²) in [5.74, 6) is -2.55. The summed E-state index contributed by atoms with van der Waals surface area (Å²) < 4.78 is 10.3. The molecule has 0 N–H and O–H groups in total. The summed E-state index contributed by atoms with van der Waals surface area (Å²) in [6.07, 6.45) is 3.53. The van der Waals surface area contributed by atoms with Crippen LogP contribution in [0, 0.1) is 0 Å². The van der Waals surface area contributed by atoms with Gasteiger partial charge in [-0.05, 0) is 29.3 Å². The Kier molecular flexibility index (Phi) is 3.90. The minimum atomic E-state index is -1.23. The van der Waals surface area contributed by atoms with Gasteiger partial charge in [0.25, 0.3) is 5.79 Å². The van der Waals surface area contributed by atoms with Gasteiger partial charge in [-0.25, -0.2) is 9.59 Å². The summed E-state index contributed by atoms with van der Waals surface area (Å²) in [7, 11) is 0. The molecule has 0 bridgehead atoms. The first-order chi connectivity index (χ1) is 10.9. The normalized spacial score (nSPS) is 16.9. The lowest BCUT2D eigenvalue weighted by Gasteiger charge is -2.29. The Morgan fingerprint density at radius 3 is 2.22 bits per heavy atom. The monoisotopic (exact) mass is 328 g/mol. The standard InChI is InChI=1S/C18H16O4S/c1-18(2)21-16(19)13(17(20)22-18)10-12-8-4-6-11-7-5-9-14(23-3)15(11)12/h4-10H,1-3H3. The van der Waals surface area contributed by atoms with Gasteiger partial charge in [-0.3, -0.25) is 0 Å². The fraction of sp³-hybridized carbons (Fsp3) is 0.222. The van der Waals surface area contributed by atoms with Crippen LogP contribution in [0.2, 0.25) is 0 Å². The number of cyclic esters (lactones) is 2. The van der Waals surface area contributed by atoms with Gasteiger partial charge in [-0.2, -0.15) is 0 Å². The lowest BCUT2D eigenvalue weighted by atomic mass is 10.0. The zero-order valence-electron chi connectivity index (χ0n) is 13.1. The largest absolute Gasteiger partial charge is 0.419 e. The zero-order valence-corrected chi connectivity index (χ0v) is 13.9. The van der Waals surface area contributed by atoms with Crippen molar-refractivity contribution >= 4 is 40.5 Å². The summed E-state index contributed by atoms with van der Waals surface area (Å²) in [6, 6.07) is 11.7. The molecule has 0 saturated carbocycles. The van der Waals surface area contributed by atoms with Gasteiger partial charge in [0.1, 0.15) is 5.57 Å². The highest BCUT2D eigenvalue weighted by atomic mass is 32.2. The van der Waals surface area contributed by atoms with Gasteiger partial charge in [0.05, 0.1) is 0 Å². The molecule has 5 heteroatoms. The Hall–Kier alpha value is -2.27. The number of carbonyl (C=O) groups is 2. The molecule has 118 valence electrons. The number of thioether (sulfide) groups is 1. The van der Waals surface area contributed by atoms with E-state index in [4.69, 9.17) is 9.47 Å². The van der Waals surface area contributed by atoms with Crippen LogP contribution in [0.15, 0.2) is 46.9 Å². The molecule has 2 aromatic carbocycles. The number of hydrogen-bond donors (Lipinski definition) is 0. The van der Waals surface area contributed by atoms with E-state index in [1.165, 1.54) is 13.8 Å². The molecule has 0 radical (unpaired) electrons. The summed E-state index contributed by atoms with van der Waals surface area (Å²) in [5.41, 5.74) is 0.698. The van der Waals surface area contributed by atoms with Crippen molar-refractivity contribution in [2.24, 2.45) is 0 Å². The van der Waals surface area contributed by atoms with Crippen molar-refractivity contribution in [3.8, 4) is 0 Å². The lowest BCUT2D eigenvalue weighted by Crippen LogP contribution is -2.41. The summed E-state index contributed by atoms with van der Waals surface area (Å²) >= 11 is 1.61. The van der Waals surface area contributed by atoms with Crippen LogP contribution in [0.1, 0.15) is 19.4 Å². The van der Waals surface area contributed by atoms with E-state index in [9.17, 15) is 9.59 Å². The van der Waals surface area contributed by atoms with E-state index in [1.54, 1.807) is 17.8 Å². The molecule has 3 rings (SSSR count). The first-order valence-electron chi connectivity index (χ1n) is 7.15. The maximum absolute atomic E-state index is 12.1. The Morgan fingerprint density at radius 1 is 1.00 bits per heavy atom. The van der Waals surface area contributed by atoms with Crippen molar-refractivity contribution in [1.82, 2.24) is 0 Å². The fourth-order valence-electron chi connectivity index (χ4n) is 2.56. The summed E-state index contributed by atoms with van der Waals surface area (Å²) in [4.78, 5) is 25.3. The molecule has 2 aromatic rings. The number of rotatable bonds is 2. The SMILES string of the molecule is CSc1cccc2cccc(C=C3C(=O)OC(C)(C)OC3=O)c12. The van der Waals surface area contributed by atoms with Gasteiger partial charge in [0.15, 0.2) is 0 Å². The number of carbonyl (C=O) groups excluding carboxylic acids is 2. The second-order valence-corrected chi connectivity index (χ2v) is 6.49. The van der Waals surface area contributed by atoms with Crippen LogP contribution in [0.25, 0.3) is 16.8 Å². The molecule has 23 heavy (non-hydrogen) atoms. The van der Waals surface area contributed by atoms with E-state index in [-0.39, 0.29) is 5.57 Å². The molecule has 0 atom stereocenters. The quantitative estimate of drug-likeness (QED) is 0.363. The maximum Gasteiger partial charge on any atom is 0.348 e. The van der Waals surface area contributed by atoms with Crippen LogP contribution in [-0.2, 0) is 19.1 Å². The van der Waals surface area contributed by atoms with E-state index in [0.717, 1.165) is 21.2 Å². The second kappa shape index (κ2) is 5.74. The molecule has 1 fully saturated rings. The zero-order chi connectivity index (χ0) is 16.6. The molecule has 4 nitrogen and oxygen atoms in total. The van der Waals surface area contributed by atoms with E-state index in [2.05, 4.69) is 0 Å². The van der Waals surface area contributed by atoms with E-state index >= 15 is 0 Å². The molecule has 1 aliphatic heterocycles. The Bertz CT molecular complexity index is 809. The van der Waals surface area contributed by atoms with Crippen molar-refractivity contribution in [3.05, 3.63) is 47.5 Å². The van der Waals surface area contributed by atoms with E-state index in [0.29, 0.717) is 0 Å². The summed E-state index contributed by atoms with van der Waals surface area (Å²) in [6.45, 7) is 3.06. The second-order valence-electron chi connectivity index (χ2n) is 5.64. The molecule has 0 amide bonds. The van der Waals surface area contributed by atoms with Crippen LogP contribution in [0.4, 0.5) is 0 Å². The average molecular weight is 328 g/mol. The molecule has 0 spiro atoms. The predicted molar refractivity (Wildman–Crippen MR) is 90.0 cm³/mol. The number of benzene rings is 2. The minimum absolute atomic E-state index is 0.0901. The molecule has 0 aliphatic carbocycles. The van der Waals surface area contributed by atoms with Crippen molar-refractivity contribution in [1.29, 1.82) is 0 Å². The average Bonchev–Trinajstić information content (AvgIpc) is 2.49. The van der Waals surface area contributed by atoms with Crippen molar-refractivity contribution in [2.75, 3.05) is 6.26 Å². The van der Waals surface area contributed by atoms with Crippen molar-refractivity contribution in [3.63, 3.8) is 0 Å². The smallest absolute Gasteiger partial charge is 0.348 e. The lowest BCUT2D eigenvalue weighted by molar-refractivity contribution is -0.222. The van der Waals surface area contributed by atoms with Gasteiger partial charge in [0.2, 0.25) is 0 Å². The minimum Gasteiger partial charge on any atom is -0.419 e. The molecule has 0 unspecified atom stereocenters. The van der Waals surface area contributed by atoms with Gasteiger partial charge in [-0.1, -0.05) is 30.3 Å². The topological polar surface area (TPSA) is 52.6 Å². The number of esters is 2. The van der Waals surface area contributed by atoms with Crippen molar-refractivity contribution in [2.45, 2.75) is 24.5 Å². The van der Waals surface area contributed by atoms with Crippen LogP contribution >= 0.6 is 11.8 Å². The first-order valence-corrected chi connectivity index (χ1v) is 8.38. The number of ether oxygens (including phenoxy) is 2. The molecule has 0 aromatic heterocycles. The molecule has 1 aliphatic rings. The number of hydrogen-bond acceptors (Lipinski definition) is 5. The van der Waals surface area contributed by atoms with Crippen LogP contribution < -0.4 is 0 Å². The Labute approximate surface area is 138 Å². The van der Waals surface area contributed by atoms with Crippen molar-refractivity contribution < 1.29 is 19.1 Å². The third-order valence-corrected chi connectivity index (χ3v) is 4.32. The van der Waals surface area contributed by atoms with Crippen LogP contribution in [-0.4, -0.2) is 24.0 Å². The highest BCUT2D eigenvalue weighted by Crippen LogP contribution is 2.32. The predicted octanol–water partition coefficient (Wildman–Crippen LogP) is 3.78. The van der Waals surface area contributed by atoms with E-state index < -0.39 is 17.7 Å². The molecular formula is C18H16O4S. The van der Waals surface area contributed by atoms with Gasteiger partial charge in [-0.15, -0.1) is 11.8 Å². The Balaban J connectivity index is 2.15. The maximum atomic E-state index is 12.1. The third-order valence-electron chi connectivity index (χ3n) is 3.54. The van der Waals surface area contributed by atoms with Gasteiger partial charge in [0, 0.05) is 24.1 Å². The first kappa shape index (κ1) is 15.6. The van der Waals surface area contributed by atoms with E-state index in [1.807, 2.05) is 42.7 Å². The fourth-order valence-corrected chi connectivity index (χ4v) is 3.21. The highest BCUT2D eigenvalue weighted by molar-refractivity contribution is 7.98. The molecule has 1 saturated heterocycles. The summed E-state index contributed by atoms with van der Waals surface area (Å²) in [5, 5.41) is 2.05. The van der Waals surface area contributed by atoms with Crippen LogP contribution in [0.3, 0.4) is 0 Å². The Morgan fingerprint density at radius 2 is 1.61 bits per heavy atom. The van der Waals surface area contributed by atoms with Crippen LogP contribution in [0.5, 0.6) is 0 Å².